The van der Waals surface area contributed by atoms with Crippen LogP contribution in [0.3, 0.4) is 0 Å². The number of carboxylic acids is 2. The Morgan fingerprint density at radius 1 is 0.750 bits per heavy atom. The predicted octanol–water partition coefficient (Wildman–Crippen LogP) is -7.62. The van der Waals surface area contributed by atoms with Gasteiger partial charge in [-0.25, -0.2) is 14.8 Å². The molecule has 0 bridgehead atoms. The average molecular weight is 984 g/mol. The van der Waals surface area contributed by atoms with E-state index >= 15 is 0 Å². The number of benzene rings is 1. The molecular formula is C38H53N11O18S. The second kappa shape index (κ2) is 26.0. The van der Waals surface area contributed by atoms with Crippen molar-refractivity contribution in [1.82, 2.24) is 46.5 Å². The zero-order valence-corrected chi connectivity index (χ0v) is 36.7. The molecule has 0 spiro atoms. The highest BCUT2D eigenvalue weighted by Crippen LogP contribution is 2.14. The number of carbonyl (C=O) groups is 7. The summed E-state index contributed by atoms with van der Waals surface area (Å²) in [6.45, 7) is -0.696. The summed E-state index contributed by atoms with van der Waals surface area (Å²) < 4.78 is 0. The van der Waals surface area contributed by atoms with Crippen LogP contribution in [-0.2, 0) is 35.3 Å². The van der Waals surface area contributed by atoms with Crippen LogP contribution in [-0.4, -0.2) is 198 Å². The highest BCUT2D eigenvalue weighted by atomic mass is 32.1. The van der Waals surface area contributed by atoms with Crippen LogP contribution >= 0.6 is 12.6 Å². The van der Waals surface area contributed by atoms with E-state index in [0.717, 1.165) is 0 Å². The third-order valence-corrected chi connectivity index (χ3v) is 10.2. The Morgan fingerprint density at radius 2 is 1.31 bits per heavy atom. The first-order valence-electron chi connectivity index (χ1n) is 20.2. The van der Waals surface area contributed by atoms with Gasteiger partial charge >= 0.3 is 11.9 Å². The summed E-state index contributed by atoms with van der Waals surface area (Å²) in [5.74, 6) is -10.5. The van der Waals surface area contributed by atoms with Gasteiger partial charge in [0.25, 0.3) is 11.5 Å². The Balaban J connectivity index is 1.71. The molecule has 68 heavy (non-hydrogen) atoms. The Hall–Kier alpha value is -6.64. The molecule has 3 rings (SSSR count). The lowest BCUT2D eigenvalue weighted by molar-refractivity contribution is -0.147. The van der Waals surface area contributed by atoms with Gasteiger partial charge in [-0.3, -0.25) is 38.5 Å². The summed E-state index contributed by atoms with van der Waals surface area (Å²) in [6.07, 6.45) is -14.6. The number of thiol groups is 1. The van der Waals surface area contributed by atoms with E-state index in [9.17, 15) is 89.4 Å². The second-order valence-corrected chi connectivity index (χ2v) is 15.4. The number of nitrogen functional groups attached to an aromatic ring is 1. The monoisotopic (exact) mass is 983 g/mol. The number of anilines is 2. The van der Waals surface area contributed by atoms with Crippen LogP contribution in [0.4, 0.5) is 11.6 Å². The number of hydrogen-bond acceptors (Lipinski definition) is 22. The molecule has 19 N–H and O–H groups in total. The van der Waals surface area contributed by atoms with E-state index in [0.29, 0.717) is 11.4 Å². The van der Waals surface area contributed by atoms with E-state index < -0.39 is 146 Å². The number of nitrogens with zero attached hydrogens (tertiary/aromatic N) is 3. The molecule has 30 heteroatoms. The van der Waals surface area contributed by atoms with E-state index in [1.807, 2.05) is 16.0 Å². The van der Waals surface area contributed by atoms with Gasteiger partial charge in [-0.1, -0.05) is 0 Å². The number of H-pyrrole nitrogens is 1. The smallest absolute Gasteiger partial charge is 0.327 e. The maximum absolute atomic E-state index is 13.6. The maximum Gasteiger partial charge on any atom is 0.327 e. The van der Waals surface area contributed by atoms with Gasteiger partial charge in [0.1, 0.15) is 60.8 Å². The zero-order chi connectivity index (χ0) is 51.0. The number of hydrogen-bond donors (Lipinski definition) is 19. The first-order chi connectivity index (χ1) is 32.0. The molecule has 374 valence electrons. The van der Waals surface area contributed by atoms with Crippen LogP contribution in [0.25, 0.3) is 11.2 Å². The van der Waals surface area contributed by atoms with Crippen molar-refractivity contribution >= 4 is 76.9 Å². The summed E-state index contributed by atoms with van der Waals surface area (Å²) in [5.41, 5.74) is 6.17. The van der Waals surface area contributed by atoms with Crippen molar-refractivity contribution in [3.63, 3.8) is 0 Å². The number of aliphatic carboxylic acids is 2. The fourth-order valence-electron chi connectivity index (χ4n) is 5.98. The fraction of sp³-hybridized carbons (Fsp3) is 0.500. The Kier molecular flexibility index (Phi) is 21.3. The maximum atomic E-state index is 13.6. The molecule has 0 radical (unpaired) electrons. The molecule has 29 nitrogen and oxygen atoms in total. The third kappa shape index (κ3) is 16.0. The van der Waals surface area contributed by atoms with E-state index in [4.69, 9.17) is 5.73 Å². The number of amides is 5. The minimum atomic E-state index is -2.53. The van der Waals surface area contributed by atoms with Crippen LogP contribution in [0.1, 0.15) is 42.2 Å². The minimum Gasteiger partial charge on any atom is -0.481 e. The van der Waals surface area contributed by atoms with Gasteiger partial charge in [-0.05, 0) is 37.6 Å². The SMILES string of the molecule is C[C@H](CCC(=O)N[C@H](C(=O)N[C@@H](CC(=O)O)C(=O)N[C@H](C(=O)N[C@H](CS)C(=O)O)[C@@H](O)[C@H](O)[C@H](O)CO)[C@@H](O)[C@H](O)[C@H](O)CO)NC(=O)c1ccc(NCc2cnc3nc(N)[nH]c(=O)c3n2)cc1. The molecule has 0 saturated carbocycles. The summed E-state index contributed by atoms with van der Waals surface area (Å²) in [5, 5.41) is 113. The van der Waals surface area contributed by atoms with Gasteiger partial charge in [0.15, 0.2) is 11.2 Å². The normalized spacial score (nSPS) is 16.2. The molecule has 0 aliphatic rings. The van der Waals surface area contributed by atoms with Crippen LogP contribution in [0, 0.1) is 0 Å². The highest BCUT2D eigenvalue weighted by molar-refractivity contribution is 7.80. The molecular weight excluding hydrogens is 931 g/mol. The lowest BCUT2D eigenvalue weighted by atomic mass is 9.98. The quantitative estimate of drug-likeness (QED) is 0.0316. The van der Waals surface area contributed by atoms with E-state index in [1.165, 1.54) is 25.3 Å². The summed E-state index contributed by atoms with van der Waals surface area (Å²) in [6, 6.07) is -3.42. The lowest BCUT2D eigenvalue weighted by Gasteiger charge is -2.32. The second-order valence-electron chi connectivity index (χ2n) is 15.1. The Bertz CT molecular complexity index is 2310. The van der Waals surface area contributed by atoms with Crippen molar-refractivity contribution in [3.8, 4) is 0 Å². The number of rotatable bonds is 27. The topological polar surface area (TPSA) is 492 Å². The van der Waals surface area contributed by atoms with Crippen LogP contribution in [0.15, 0.2) is 35.3 Å². The number of fused-ring (bicyclic) bond motifs is 1. The van der Waals surface area contributed by atoms with Crippen molar-refractivity contribution in [2.45, 2.75) is 99.6 Å². The van der Waals surface area contributed by atoms with Crippen molar-refractivity contribution in [1.29, 1.82) is 0 Å². The third-order valence-electron chi connectivity index (χ3n) is 9.82. The molecule has 3 aromatic rings. The van der Waals surface area contributed by atoms with Gasteiger partial charge in [-0.15, -0.1) is 0 Å². The number of aromatic amines is 1. The molecule has 0 unspecified atom stereocenters. The van der Waals surface area contributed by atoms with E-state index in [-0.39, 0.29) is 35.6 Å². The number of nitrogens with two attached hydrogens (primary N) is 1. The average Bonchev–Trinajstić information content (AvgIpc) is 3.30. The molecule has 1 aromatic carbocycles. The Labute approximate surface area is 389 Å². The number of carbonyl (C=O) groups excluding carboxylic acids is 5. The van der Waals surface area contributed by atoms with Gasteiger partial charge in [0, 0.05) is 29.5 Å². The Morgan fingerprint density at radius 3 is 1.84 bits per heavy atom. The van der Waals surface area contributed by atoms with Crippen molar-refractivity contribution in [2.24, 2.45) is 0 Å². The number of aliphatic hydroxyl groups excluding tert-OH is 8. The predicted molar refractivity (Wildman–Crippen MR) is 234 cm³/mol. The summed E-state index contributed by atoms with van der Waals surface area (Å²) >= 11 is 3.78. The molecule has 0 fully saturated rings. The van der Waals surface area contributed by atoms with Gasteiger partial charge in [0.2, 0.25) is 29.6 Å². The minimum absolute atomic E-state index is 0.0121. The number of carboxylic acid groups (broad SMARTS) is 2. The van der Waals surface area contributed by atoms with Crippen molar-refractivity contribution in [2.75, 3.05) is 30.0 Å². The van der Waals surface area contributed by atoms with Crippen LogP contribution in [0.2, 0.25) is 0 Å². The summed E-state index contributed by atoms with van der Waals surface area (Å²) in [4.78, 5) is 116. The molecule has 2 heterocycles. The summed E-state index contributed by atoms with van der Waals surface area (Å²) in [7, 11) is 0. The first-order valence-corrected chi connectivity index (χ1v) is 20.9. The number of nitrogens with one attached hydrogen (secondary N) is 7. The molecule has 0 aliphatic carbocycles. The van der Waals surface area contributed by atoms with Gasteiger partial charge in [-0.2, -0.15) is 17.6 Å². The molecule has 11 atom stereocenters. The zero-order valence-electron chi connectivity index (χ0n) is 35.8. The molecule has 5 amide bonds. The van der Waals surface area contributed by atoms with Gasteiger partial charge in [0.05, 0.1) is 38.1 Å². The largest absolute Gasteiger partial charge is 0.481 e. The first kappa shape index (κ1) is 55.7. The van der Waals surface area contributed by atoms with Crippen LogP contribution < -0.4 is 43.2 Å². The molecule has 0 saturated heterocycles. The standard InChI is InChI=1S/C38H53N11O18S/c1-14(42-32(61)15-3-5-16(6-4-15)40-9-17-10-41-31-26(43-17)36(65)49-38(39)48-31)2-7-22(54)46-24(29(59)27(57)20(52)11-50)34(63)44-18(8-23(55)56)33(62)47-25(30(60)28(58)21(53)12-51)35(64)45-19(13-68)37(66)67/h3-6,10,14,18-21,24-25,27-30,40,50-53,57-60,68H,2,7-9,11-13H2,1H3,(H,42,61)(H,44,63)(H,45,64)(H,46,54)(H,47,62)(H,55,56)(H,66,67)(H3,39,41,48,49,65)/t14-,18+,19-,20-,21-,24+,25+,27-,28-,29-,30-/m1/s1. The van der Waals surface area contributed by atoms with Crippen molar-refractivity contribution in [3.05, 3.63) is 52.1 Å². The fourth-order valence-corrected chi connectivity index (χ4v) is 6.23. The number of aromatic nitrogens is 4. The van der Waals surface area contributed by atoms with Crippen LogP contribution in [0.5, 0.6) is 0 Å². The number of aliphatic hydroxyl groups is 8. The highest BCUT2D eigenvalue weighted by Gasteiger charge is 2.42. The van der Waals surface area contributed by atoms with Gasteiger partial charge < -0.3 is 88.7 Å². The molecule has 2 aromatic heterocycles. The van der Waals surface area contributed by atoms with E-state index in [2.05, 4.69) is 48.5 Å². The van der Waals surface area contributed by atoms with Crippen molar-refractivity contribution < 1.29 is 84.6 Å². The van der Waals surface area contributed by atoms with E-state index in [1.54, 1.807) is 12.1 Å². The lowest BCUT2D eigenvalue weighted by Crippen LogP contribution is -2.65. The molecule has 0 aliphatic heterocycles.